The molecular weight excluding hydrogens is 440 g/mol. The molecule has 6 atom stereocenters. The summed E-state index contributed by atoms with van der Waals surface area (Å²) < 4.78 is 17.0. The maximum Gasteiger partial charge on any atom is 0.305 e. The van der Waals surface area contributed by atoms with Crippen LogP contribution in [0.25, 0.3) is 0 Å². The highest BCUT2D eigenvalue weighted by atomic mass is 35.5. The Labute approximate surface area is 204 Å². The van der Waals surface area contributed by atoms with Crippen LogP contribution in [0.4, 0.5) is 0 Å². The van der Waals surface area contributed by atoms with Gasteiger partial charge in [0, 0.05) is 18.9 Å². The number of ketones is 1. The maximum absolute atomic E-state index is 12.6. The Hall–Kier alpha value is -1.17. The zero-order valence-corrected chi connectivity index (χ0v) is 21.1. The monoisotopic (exact) mass is 480 g/mol. The smallest absolute Gasteiger partial charge is 0.305 e. The van der Waals surface area contributed by atoms with E-state index >= 15 is 0 Å². The van der Waals surface area contributed by atoms with Crippen LogP contribution in [-0.2, 0) is 23.8 Å². The van der Waals surface area contributed by atoms with Crippen LogP contribution in [0.1, 0.15) is 84.0 Å². The summed E-state index contributed by atoms with van der Waals surface area (Å²) in [6.07, 6.45) is 17.4. The second-order valence-corrected chi connectivity index (χ2v) is 10.3. The molecule has 2 aliphatic carbocycles. The fourth-order valence-corrected chi connectivity index (χ4v) is 5.79. The Kier molecular flexibility index (Phi) is 10.9. The number of methoxy groups -OCH3 is 1. The Bertz CT molecular complexity index is 697. The van der Waals surface area contributed by atoms with E-state index in [1.54, 1.807) is 6.08 Å². The van der Waals surface area contributed by atoms with Crippen molar-refractivity contribution in [3.63, 3.8) is 0 Å². The average Bonchev–Trinajstić information content (AvgIpc) is 3.36. The summed E-state index contributed by atoms with van der Waals surface area (Å²) in [7, 11) is 1.43. The molecule has 0 amide bonds. The molecule has 1 heterocycles. The lowest BCUT2D eigenvalue weighted by molar-refractivity contribution is -0.193. The van der Waals surface area contributed by atoms with Crippen molar-refractivity contribution < 1.29 is 23.8 Å². The van der Waals surface area contributed by atoms with Gasteiger partial charge in [0.1, 0.15) is 0 Å². The van der Waals surface area contributed by atoms with Gasteiger partial charge < -0.3 is 14.2 Å². The number of unbranched alkanes of at least 4 members (excludes halogenated alkanes) is 2. The summed E-state index contributed by atoms with van der Waals surface area (Å²) in [6.45, 7) is 2.88. The quantitative estimate of drug-likeness (QED) is 0.110. The summed E-state index contributed by atoms with van der Waals surface area (Å²) in [6, 6.07) is 0. The van der Waals surface area contributed by atoms with Crippen molar-refractivity contribution in [3.05, 3.63) is 23.8 Å². The molecule has 0 spiro atoms. The molecule has 0 aromatic carbocycles. The van der Waals surface area contributed by atoms with E-state index in [4.69, 9.17) is 25.8 Å². The van der Waals surface area contributed by atoms with Gasteiger partial charge in [-0.25, -0.2) is 0 Å². The fourth-order valence-electron chi connectivity index (χ4n) is 5.56. The molecular formula is C27H41ClO5. The molecule has 0 bridgehead atoms. The summed E-state index contributed by atoms with van der Waals surface area (Å²) in [5.74, 6) is 1.13. The van der Waals surface area contributed by atoms with Gasteiger partial charge in [0.25, 0.3) is 0 Å². The maximum atomic E-state index is 12.6. The van der Waals surface area contributed by atoms with Crippen LogP contribution in [0.5, 0.6) is 0 Å². The minimum absolute atomic E-state index is 0.0119. The Morgan fingerprint density at radius 2 is 2.09 bits per heavy atom. The third-order valence-electron chi connectivity index (χ3n) is 7.40. The average molecular weight is 481 g/mol. The van der Waals surface area contributed by atoms with Gasteiger partial charge in [-0.3, -0.25) is 9.59 Å². The van der Waals surface area contributed by atoms with Crippen LogP contribution < -0.4 is 0 Å². The molecule has 2 unspecified atom stereocenters. The number of fused-ring (bicyclic) bond motifs is 1. The number of hydrogen-bond acceptors (Lipinski definition) is 5. The molecule has 5 nitrogen and oxygen atoms in total. The van der Waals surface area contributed by atoms with Gasteiger partial charge in [-0.05, 0) is 75.7 Å². The molecule has 3 fully saturated rings. The standard InChI is InChI=1S/C27H41ClO5/c1-3-4-10-23(28)24(29)14-13-21-22-17-19(9-5-6-11-26(30)31-2)16-20(22)18-25(21)33-27-12-7-8-15-32-27/h9,13-14,20-23,25,27H,3-8,10-12,15-18H2,1-2H3/t20-,21-,22+,23?,25-,27?/m1/s1. The second kappa shape index (κ2) is 13.7. The van der Waals surface area contributed by atoms with Crippen LogP contribution in [0, 0.1) is 17.8 Å². The Balaban J connectivity index is 1.62. The van der Waals surface area contributed by atoms with E-state index in [1.165, 1.54) is 12.7 Å². The van der Waals surface area contributed by atoms with Gasteiger partial charge in [0.05, 0.1) is 18.6 Å². The first-order chi connectivity index (χ1) is 16.0. The molecule has 2 saturated carbocycles. The fraction of sp³-hybridized carbons (Fsp3) is 0.778. The predicted octanol–water partition coefficient (Wildman–Crippen LogP) is 6.14. The van der Waals surface area contributed by atoms with Crippen LogP contribution >= 0.6 is 11.6 Å². The molecule has 0 aromatic rings. The molecule has 186 valence electrons. The molecule has 1 saturated heterocycles. The molecule has 0 radical (unpaired) electrons. The summed E-state index contributed by atoms with van der Waals surface area (Å²) in [5.41, 5.74) is 1.48. The number of carbonyl (C=O) groups is 2. The molecule has 33 heavy (non-hydrogen) atoms. The van der Waals surface area contributed by atoms with E-state index in [0.29, 0.717) is 18.3 Å². The lowest BCUT2D eigenvalue weighted by Crippen LogP contribution is -2.31. The number of halogens is 1. The Morgan fingerprint density at radius 3 is 2.82 bits per heavy atom. The predicted molar refractivity (Wildman–Crippen MR) is 130 cm³/mol. The molecule has 0 aromatic heterocycles. The Morgan fingerprint density at radius 1 is 1.24 bits per heavy atom. The van der Waals surface area contributed by atoms with Crippen LogP contribution in [0.15, 0.2) is 23.8 Å². The molecule has 3 rings (SSSR count). The summed E-state index contributed by atoms with van der Waals surface area (Å²) >= 11 is 6.33. The van der Waals surface area contributed by atoms with E-state index < -0.39 is 5.38 Å². The lowest BCUT2D eigenvalue weighted by atomic mass is 9.90. The molecule has 6 heteroatoms. The molecule has 3 aliphatic rings. The number of rotatable bonds is 12. The third-order valence-corrected chi connectivity index (χ3v) is 7.83. The van der Waals surface area contributed by atoms with Crippen LogP contribution in [0.3, 0.4) is 0 Å². The summed E-state index contributed by atoms with van der Waals surface area (Å²) in [5, 5.41) is -0.437. The number of carbonyl (C=O) groups excluding carboxylic acids is 2. The second-order valence-electron chi connectivity index (χ2n) is 9.82. The zero-order chi connectivity index (χ0) is 23.6. The van der Waals surface area contributed by atoms with E-state index in [9.17, 15) is 9.59 Å². The van der Waals surface area contributed by atoms with Gasteiger partial charge >= 0.3 is 5.97 Å². The first-order valence-electron chi connectivity index (χ1n) is 12.9. The van der Waals surface area contributed by atoms with E-state index in [0.717, 1.165) is 77.2 Å². The summed E-state index contributed by atoms with van der Waals surface area (Å²) in [4.78, 5) is 23.9. The first-order valence-corrected chi connectivity index (χ1v) is 13.3. The first kappa shape index (κ1) is 26.4. The number of allylic oxidation sites excluding steroid dienone is 3. The number of esters is 1. The minimum Gasteiger partial charge on any atom is -0.469 e. The van der Waals surface area contributed by atoms with Crippen molar-refractivity contribution in [1.29, 1.82) is 0 Å². The SMILES string of the molecule is CCCCC(Cl)C(=O)C=C[C@@H]1[C@H]2CC(=CCCCC(=O)OC)C[C@@H]2C[C@H]1OC1CCCCO1. The highest BCUT2D eigenvalue weighted by molar-refractivity contribution is 6.32. The van der Waals surface area contributed by atoms with Crippen molar-refractivity contribution in [2.75, 3.05) is 13.7 Å². The van der Waals surface area contributed by atoms with Gasteiger partial charge in [-0.1, -0.05) is 37.5 Å². The third kappa shape index (κ3) is 7.93. The van der Waals surface area contributed by atoms with Crippen LogP contribution in [0.2, 0.25) is 0 Å². The zero-order valence-electron chi connectivity index (χ0n) is 20.3. The van der Waals surface area contributed by atoms with E-state index in [1.807, 2.05) is 0 Å². The normalized spacial score (nSPS) is 31.7. The van der Waals surface area contributed by atoms with Gasteiger partial charge in [0.2, 0.25) is 0 Å². The van der Waals surface area contributed by atoms with Crippen molar-refractivity contribution >= 4 is 23.4 Å². The van der Waals surface area contributed by atoms with Gasteiger partial charge in [-0.2, -0.15) is 0 Å². The van der Waals surface area contributed by atoms with Gasteiger partial charge in [0.15, 0.2) is 12.1 Å². The van der Waals surface area contributed by atoms with Crippen LogP contribution in [-0.4, -0.2) is 43.2 Å². The topological polar surface area (TPSA) is 61.8 Å². The van der Waals surface area contributed by atoms with E-state index in [2.05, 4.69) is 19.1 Å². The minimum atomic E-state index is -0.437. The van der Waals surface area contributed by atoms with Crippen molar-refractivity contribution in [1.82, 2.24) is 0 Å². The number of alkyl halides is 1. The largest absolute Gasteiger partial charge is 0.469 e. The van der Waals surface area contributed by atoms with Crippen molar-refractivity contribution in [2.24, 2.45) is 17.8 Å². The van der Waals surface area contributed by atoms with Crippen molar-refractivity contribution in [2.45, 2.75) is 102 Å². The molecule has 0 N–H and O–H groups in total. The number of hydrogen-bond donors (Lipinski definition) is 0. The lowest BCUT2D eigenvalue weighted by Gasteiger charge is -2.29. The highest BCUT2D eigenvalue weighted by Crippen LogP contribution is 2.52. The van der Waals surface area contributed by atoms with E-state index in [-0.39, 0.29) is 30.1 Å². The highest BCUT2D eigenvalue weighted by Gasteiger charge is 2.47. The molecule has 1 aliphatic heterocycles. The van der Waals surface area contributed by atoms with Crippen molar-refractivity contribution in [3.8, 4) is 0 Å². The number of ether oxygens (including phenoxy) is 3. The van der Waals surface area contributed by atoms with Gasteiger partial charge in [-0.15, -0.1) is 11.6 Å².